The van der Waals surface area contributed by atoms with Crippen LogP contribution in [-0.4, -0.2) is 27.4 Å². The molecule has 0 aliphatic carbocycles. The van der Waals surface area contributed by atoms with Gasteiger partial charge in [0.1, 0.15) is 0 Å². The molecule has 0 fully saturated rings. The van der Waals surface area contributed by atoms with Crippen LogP contribution in [0, 0.1) is 5.41 Å². The van der Waals surface area contributed by atoms with Gasteiger partial charge in [0.15, 0.2) is 9.84 Å². The van der Waals surface area contributed by atoms with Gasteiger partial charge in [-0.25, -0.2) is 8.42 Å². The van der Waals surface area contributed by atoms with Gasteiger partial charge >= 0.3 is 0 Å². The van der Waals surface area contributed by atoms with Crippen molar-refractivity contribution in [2.75, 3.05) is 18.6 Å². The zero-order valence-corrected chi connectivity index (χ0v) is 11.8. The number of rotatable bonds is 3. The summed E-state index contributed by atoms with van der Waals surface area (Å²) in [6.45, 7) is 5.63. The van der Waals surface area contributed by atoms with Crippen molar-refractivity contribution >= 4 is 21.2 Å². The zero-order chi connectivity index (χ0) is 13.6. The monoisotopic (exact) mass is 256 g/mol. The highest BCUT2D eigenvalue weighted by Gasteiger charge is 2.11. The Balaban J connectivity index is 0.00000121. The molecular formula is C12H20N2O2S. The molecule has 5 heteroatoms. The van der Waals surface area contributed by atoms with E-state index in [9.17, 15) is 8.42 Å². The van der Waals surface area contributed by atoms with Gasteiger partial charge in [0.2, 0.25) is 0 Å². The summed E-state index contributed by atoms with van der Waals surface area (Å²) in [6.07, 6.45) is 1.16. The largest absolute Gasteiger partial charge is 0.388 e. The Bertz CT molecular complexity index is 493. The summed E-state index contributed by atoms with van der Waals surface area (Å²) >= 11 is 0. The fraction of sp³-hybridized carbons (Fsp3) is 0.417. The fourth-order valence-electron chi connectivity index (χ4n) is 1.28. The Morgan fingerprint density at radius 3 is 2.18 bits per heavy atom. The van der Waals surface area contributed by atoms with Crippen molar-refractivity contribution in [2.45, 2.75) is 25.7 Å². The molecule has 2 N–H and O–H groups in total. The van der Waals surface area contributed by atoms with E-state index in [1.54, 1.807) is 20.0 Å². The summed E-state index contributed by atoms with van der Waals surface area (Å²) in [7, 11) is -1.47. The zero-order valence-electron chi connectivity index (χ0n) is 11.0. The molecule has 0 saturated carbocycles. The van der Waals surface area contributed by atoms with Crippen LogP contribution >= 0.6 is 0 Å². The second-order valence-electron chi connectivity index (χ2n) is 3.35. The first-order chi connectivity index (χ1) is 7.86. The molecule has 0 aliphatic rings. The highest BCUT2D eigenvalue weighted by Crippen LogP contribution is 2.20. The van der Waals surface area contributed by atoms with Crippen LogP contribution in [0.2, 0.25) is 0 Å². The van der Waals surface area contributed by atoms with E-state index < -0.39 is 9.84 Å². The Hall–Kier alpha value is -1.36. The van der Waals surface area contributed by atoms with E-state index in [1.807, 2.05) is 13.8 Å². The van der Waals surface area contributed by atoms with Crippen molar-refractivity contribution in [3.05, 3.63) is 23.8 Å². The summed E-state index contributed by atoms with van der Waals surface area (Å²) in [6, 6.07) is 4.72. The average molecular weight is 256 g/mol. The van der Waals surface area contributed by atoms with Gasteiger partial charge in [0, 0.05) is 30.3 Å². The second kappa shape index (κ2) is 6.39. The Labute approximate surface area is 103 Å². The number of anilines is 1. The van der Waals surface area contributed by atoms with Crippen LogP contribution in [0.5, 0.6) is 0 Å². The molecule has 17 heavy (non-hydrogen) atoms. The second-order valence-corrected chi connectivity index (χ2v) is 5.37. The molecule has 1 aromatic rings. The molecule has 4 nitrogen and oxygen atoms in total. The SMILES string of the molecule is CC.CNc1ccc(S(C)(=O)=O)cc1C(C)=N. The van der Waals surface area contributed by atoms with Crippen LogP contribution < -0.4 is 5.32 Å². The minimum absolute atomic E-state index is 0.239. The van der Waals surface area contributed by atoms with Gasteiger partial charge in [0.25, 0.3) is 0 Å². The predicted octanol–water partition coefficient (Wildman–Crippen LogP) is 2.55. The van der Waals surface area contributed by atoms with Crippen molar-refractivity contribution in [1.82, 2.24) is 0 Å². The summed E-state index contributed by atoms with van der Waals surface area (Å²) < 4.78 is 22.6. The lowest BCUT2D eigenvalue weighted by molar-refractivity contribution is 0.602. The van der Waals surface area contributed by atoms with Gasteiger partial charge in [0.05, 0.1) is 4.90 Å². The maximum absolute atomic E-state index is 11.3. The standard InChI is InChI=1S/C10H14N2O2S.C2H6/c1-7(11)9-6-8(15(3,13)14)4-5-10(9)12-2;1-2/h4-6,11-12H,1-3H3;1-2H3. The summed E-state index contributed by atoms with van der Waals surface area (Å²) in [4.78, 5) is 0.239. The molecule has 1 aromatic carbocycles. The van der Waals surface area contributed by atoms with Crippen LogP contribution in [0.25, 0.3) is 0 Å². The van der Waals surface area contributed by atoms with Gasteiger partial charge in [-0.2, -0.15) is 0 Å². The molecule has 0 heterocycles. The van der Waals surface area contributed by atoms with Crippen LogP contribution in [0.4, 0.5) is 5.69 Å². The number of hydrogen-bond donors (Lipinski definition) is 2. The molecule has 0 aromatic heterocycles. The van der Waals surface area contributed by atoms with E-state index >= 15 is 0 Å². The molecule has 0 spiro atoms. The Morgan fingerprint density at radius 2 is 1.82 bits per heavy atom. The number of benzene rings is 1. The lowest BCUT2D eigenvalue weighted by atomic mass is 10.1. The Kier molecular flexibility index (Phi) is 5.88. The molecule has 0 aliphatic heterocycles. The van der Waals surface area contributed by atoms with E-state index in [1.165, 1.54) is 12.1 Å². The summed E-state index contributed by atoms with van der Waals surface area (Å²) in [5.74, 6) is 0. The summed E-state index contributed by atoms with van der Waals surface area (Å²) in [5, 5.41) is 10.5. The lowest BCUT2D eigenvalue weighted by Crippen LogP contribution is -2.04. The molecule has 0 atom stereocenters. The van der Waals surface area contributed by atoms with Crippen LogP contribution in [0.1, 0.15) is 26.3 Å². The van der Waals surface area contributed by atoms with Crippen molar-refractivity contribution in [3.63, 3.8) is 0 Å². The molecule has 0 radical (unpaired) electrons. The molecular weight excluding hydrogens is 236 g/mol. The van der Waals surface area contributed by atoms with Gasteiger partial charge in [-0.15, -0.1) is 0 Å². The maximum Gasteiger partial charge on any atom is 0.175 e. The van der Waals surface area contributed by atoms with Crippen LogP contribution in [0.15, 0.2) is 23.1 Å². The van der Waals surface area contributed by atoms with E-state index in [4.69, 9.17) is 5.41 Å². The predicted molar refractivity (Wildman–Crippen MR) is 72.9 cm³/mol. The van der Waals surface area contributed by atoms with Crippen LogP contribution in [0.3, 0.4) is 0 Å². The number of nitrogens with one attached hydrogen (secondary N) is 2. The Morgan fingerprint density at radius 1 is 1.29 bits per heavy atom. The normalized spacial score (nSPS) is 10.2. The summed E-state index contributed by atoms with van der Waals surface area (Å²) in [5.41, 5.74) is 1.71. The number of hydrogen-bond acceptors (Lipinski definition) is 4. The van der Waals surface area contributed by atoms with Crippen molar-refractivity contribution < 1.29 is 8.42 Å². The quantitative estimate of drug-likeness (QED) is 0.816. The van der Waals surface area contributed by atoms with Crippen molar-refractivity contribution in [3.8, 4) is 0 Å². The topological polar surface area (TPSA) is 70.0 Å². The third kappa shape index (κ3) is 4.19. The minimum Gasteiger partial charge on any atom is -0.388 e. The highest BCUT2D eigenvalue weighted by molar-refractivity contribution is 7.90. The van der Waals surface area contributed by atoms with Crippen LogP contribution in [-0.2, 0) is 9.84 Å². The molecule has 0 amide bonds. The smallest absolute Gasteiger partial charge is 0.175 e. The third-order valence-electron chi connectivity index (χ3n) is 2.09. The van der Waals surface area contributed by atoms with Crippen molar-refractivity contribution in [2.24, 2.45) is 0 Å². The van der Waals surface area contributed by atoms with E-state index in [2.05, 4.69) is 5.32 Å². The lowest BCUT2D eigenvalue weighted by Gasteiger charge is -2.09. The fourth-order valence-corrected chi connectivity index (χ4v) is 1.93. The molecule has 1 rings (SSSR count). The van der Waals surface area contributed by atoms with E-state index in [0.29, 0.717) is 11.3 Å². The first kappa shape index (κ1) is 15.6. The maximum atomic E-state index is 11.3. The van der Waals surface area contributed by atoms with Gasteiger partial charge in [-0.3, -0.25) is 0 Å². The minimum atomic E-state index is -3.21. The number of sulfone groups is 1. The highest BCUT2D eigenvalue weighted by atomic mass is 32.2. The molecule has 96 valence electrons. The first-order valence-corrected chi connectivity index (χ1v) is 7.33. The van der Waals surface area contributed by atoms with Gasteiger partial charge in [-0.05, 0) is 25.1 Å². The average Bonchev–Trinajstić information content (AvgIpc) is 2.29. The van der Waals surface area contributed by atoms with Gasteiger partial charge < -0.3 is 10.7 Å². The molecule has 0 saturated heterocycles. The first-order valence-electron chi connectivity index (χ1n) is 5.43. The van der Waals surface area contributed by atoms with Gasteiger partial charge in [-0.1, -0.05) is 13.8 Å². The van der Waals surface area contributed by atoms with E-state index in [-0.39, 0.29) is 4.90 Å². The molecule has 0 bridgehead atoms. The third-order valence-corrected chi connectivity index (χ3v) is 3.20. The van der Waals surface area contributed by atoms with E-state index in [0.717, 1.165) is 11.9 Å². The molecule has 0 unspecified atom stereocenters. The van der Waals surface area contributed by atoms with Crippen molar-refractivity contribution in [1.29, 1.82) is 5.41 Å².